The molecule has 4 aromatic carbocycles. The van der Waals surface area contributed by atoms with Gasteiger partial charge in [-0.1, -0.05) is 138 Å². The largest absolute Gasteiger partial charge is 0.0653 e. The number of hydrogen-bond donors (Lipinski definition) is 0. The zero-order chi connectivity index (χ0) is 26.3. The zero-order valence-corrected chi connectivity index (χ0v) is 23.7. The Labute approximate surface area is 230 Å². The first kappa shape index (κ1) is 25.2. The molecular formula is C38H42. The molecule has 0 amide bonds. The van der Waals surface area contributed by atoms with E-state index < -0.39 is 0 Å². The number of fused-ring (bicyclic) bond motifs is 6. The average molecular weight is 499 g/mol. The van der Waals surface area contributed by atoms with Crippen molar-refractivity contribution < 1.29 is 0 Å². The lowest BCUT2D eigenvalue weighted by Gasteiger charge is -2.36. The number of hydrogen-bond acceptors (Lipinski definition) is 0. The second kappa shape index (κ2) is 9.88. The van der Waals surface area contributed by atoms with Crippen molar-refractivity contribution in [1.29, 1.82) is 0 Å². The van der Waals surface area contributed by atoms with Gasteiger partial charge in [0, 0.05) is 10.8 Å². The van der Waals surface area contributed by atoms with Crippen LogP contribution in [0.15, 0.2) is 84.9 Å². The molecule has 194 valence electrons. The van der Waals surface area contributed by atoms with E-state index in [1.165, 1.54) is 84.7 Å². The summed E-state index contributed by atoms with van der Waals surface area (Å²) >= 11 is 0. The Hall–Kier alpha value is -3.12. The van der Waals surface area contributed by atoms with E-state index in [4.69, 9.17) is 0 Å². The first-order valence-corrected chi connectivity index (χ1v) is 15.1. The molecule has 0 N–H and O–H groups in total. The summed E-state index contributed by atoms with van der Waals surface area (Å²) in [5.74, 6) is 0. The summed E-state index contributed by atoms with van der Waals surface area (Å²) in [5.41, 5.74) is 15.2. The van der Waals surface area contributed by atoms with Gasteiger partial charge in [-0.2, -0.15) is 0 Å². The zero-order valence-electron chi connectivity index (χ0n) is 23.7. The SMILES string of the molecule is CCCC1(CCC)c2ccccc2-c2cccc(-c3cccc4c3C(CCC)(CCC)c3ccccc3-4)c21. The van der Waals surface area contributed by atoms with Crippen LogP contribution in [-0.2, 0) is 10.8 Å². The van der Waals surface area contributed by atoms with Crippen LogP contribution in [0.4, 0.5) is 0 Å². The van der Waals surface area contributed by atoms with E-state index >= 15 is 0 Å². The molecule has 0 aromatic heterocycles. The van der Waals surface area contributed by atoms with E-state index in [0.29, 0.717) is 0 Å². The van der Waals surface area contributed by atoms with Crippen molar-refractivity contribution in [2.45, 2.75) is 89.9 Å². The third kappa shape index (κ3) is 3.42. The van der Waals surface area contributed by atoms with E-state index in [1.807, 2.05) is 0 Å². The van der Waals surface area contributed by atoms with Gasteiger partial charge in [-0.05, 0) is 81.3 Å². The van der Waals surface area contributed by atoms with Crippen LogP contribution in [-0.4, -0.2) is 0 Å². The Morgan fingerprint density at radius 2 is 0.658 bits per heavy atom. The first-order valence-electron chi connectivity index (χ1n) is 15.1. The summed E-state index contributed by atoms with van der Waals surface area (Å²) in [5, 5.41) is 0. The van der Waals surface area contributed by atoms with Gasteiger partial charge in [0.2, 0.25) is 0 Å². The molecule has 0 unspecified atom stereocenters. The van der Waals surface area contributed by atoms with E-state index in [1.54, 1.807) is 22.3 Å². The van der Waals surface area contributed by atoms with Crippen LogP contribution < -0.4 is 0 Å². The predicted molar refractivity (Wildman–Crippen MR) is 164 cm³/mol. The van der Waals surface area contributed by atoms with Crippen LogP contribution in [0.1, 0.15) is 101 Å². The third-order valence-corrected chi connectivity index (χ3v) is 9.55. The van der Waals surface area contributed by atoms with Crippen molar-refractivity contribution in [3.63, 3.8) is 0 Å². The van der Waals surface area contributed by atoms with Crippen molar-refractivity contribution >= 4 is 0 Å². The molecule has 0 fully saturated rings. The van der Waals surface area contributed by atoms with Gasteiger partial charge in [0.25, 0.3) is 0 Å². The fraction of sp³-hybridized carbons (Fsp3) is 0.368. The second-order valence-electron chi connectivity index (χ2n) is 11.7. The maximum Gasteiger partial charge on any atom is 0.0221 e. The van der Waals surface area contributed by atoms with Crippen LogP contribution >= 0.6 is 0 Å². The highest BCUT2D eigenvalue weighted by atomic mass is 14.5. The highest BCUT2D eigenvalue weighted by Crippen LogP contribution is 2.60. The molecule has 0 spiro atoms. The quantitative estimate of drug-likeness (QED) is 0.215. The van der Waals surface area contributed by atoms with E-state index in [0.717, 1.165) is 0 Å². The summed E-state index contributed by atoms with van der Waals surface area (Å²) in [6, 6.07) is 32.9. The fourth-order valence-electron chi connectivity index (χ4n) is 8.57. The molecule has 0 bridgehead atoms. The predicted octanol–water partition coefficient (Wildman–Crippen LogP) is 11.1. The lowest BCUT2D eigenvalue weighted by Crippen LogP contribution is -2.27. The van der Waals surface area contributed by atoms with Crippen LogP contribution in [0.2, 0.25) is 0 Å². The fourth-order valence-corrected chi connectivity index (χ4v) is 8.57. The molecule has 0 saturated carbocycles. The van der Waals surface area contributed by atoms with Crippen molar-refractivity contribution in [3.05, 3.63) is 107 Å². The average Bonchev–Trinajstić information content (AvgIpc) is 3.38. The molecule has 6 rings (SSSR count). The number of benzene rings is 4. The molecule has 0 nitrogen and oxygen atoms in total. The first-order chi connectivity index (χ1) is 18.7. The third-order valence-electron chi connectivity index (χ3n) is 9.55. The van der Waals surface area contributed by atoms with Gasteiger partial charge in [-0.25, -0.2) is 0 Å². The molecule has 4 aromatic rings. The normalized spacial score (nSPS) is 15.6. The summed E-state index contributed by atoms with van der Waals surface area (Å²) < 4.78 is 0. The number of rotatable bonds is 9. The van der Waals surface area contributed by atoms with Crippen molar-refractivity contribution in [2.75, 3.05) is 0 Å². The molecule has 0 saturated heterocycles. The molecule has 2 aliphatic carbocycles. The monoisotopic (exact) mass is 498 g/mol. The molecule has 38 heavy (non-hydrogen) atoms. The topological polar surface area (TPSA) is 0 Å². The lowest BCUT2D eigenvalue weighted by atomic mass is 9.66. The van der Waals surface area contributed by atoms with Crippen LogP contribution in [0.25, 0.3) is 33.4 Å². The minimum atomic E-state index is 0.0817. The van der Waals surface area contributed by atoms with E-state index in [9.17, 15) is 0 Å². The van der Waals surface area contributed by atoms with Gasteiger partial charge in [-0.3, -0.25) is 0 Å². The van der Waals surface area contributed by atoms with Gasteiger partial charge in [0.05, 0.1) is 0 Å². The van der Waals surface area contributed by atoms with Gasteiger partial charge in [0.15, 0.2) is 0 Å². The Morgan fingerprint density at radius 1 is 0.368 bits per heavy atom. The maximum absolute atomic E-state index is 2.45. The van der Waals surface area contributed by atoms with Gasteiger partial charge < -0.3 is 0 Å². The Bertz CT molecular complexity index is 1340. The Kier molecular flexibility index (Phi) is 6.55. The Morgan fingerprint density at radius 3 is 1.00 bits per heavy atom. The molecule has 0 radical (unpaired) electrons. The summed E-state index contributed by atoms with van der Waals surface area (Å²) in [6.07, 6.45) is 9.56. The van der Waals surface area contributed by atoms with Crippen LogP contribution in [0.3, 0.4) is 0 Å². The van der Waals surface area contributed by atoms with Crippen molar-refractivity contribution in [3.8, 4) is 33.4 Å². The minimum absolute atomic E-state index is 0.0817. The smallest absolute Gasteiger partial charge is 0.0221 e. The summed E-state index contributed by atoms with van der Waals surface area (Å²) in [4.78, 5) is 0. The summed E-state index contributed by atoms with van der Waals surface area (Å²) in [6.45, 7) is 9.46. The molecular weight excluding hydrogens is 456 g/mol. The minimum Gasteiger partial charge on any atom is -0.0653 e. The molecule has 2 aliphatic rings. The van der Waals surface area contributed by atoms with Crippen molar-refractivity contribution in [2.24, 2.45) is 0 Å². The van der Waals surface area contributed by atoms with E-state index in [2.05, 4.69) is 113 Å². The van der Waals surface area contributed by atoms with Gasteiger partial charge in [0.1, 0.15) is 0 Å². The Balaban J connectivity index is 1.69. The van der Waals surface area contributed by atoms with E-state index in [-0.39, 0.29) is 10.8 Å². The van der Waals surface area contributed by atoms with Gasteiger partial charge >= 0.3 is 0 Å². The highest BCUT2D eigenvalue weighted by molar-refractivity contribution is 5.94. The molecule has 0 atom stereocenters. The second-order valence-corrected chi connectivity index (χ2v) is 11.7. The maximum atomic E-state index is 2.45. The summed E-state index contributed by atoms with van der Waals surface area (Å²) in [7, 11) is 0. The van der Waals surface area contributed by atoms with Crippen LogP contribution in [0.5, 0.6) is 0 Å². The lowest BCUT2D eigenvalue weighted by molar-refractivity contribution is 0.433. The van der Waals surface area contributed by atoms with Gasteiger partial charge in [-0.15, -0.1) is 0 Å². The van der Waals surface area contributed by atoms with Crippen LogP contribution in [0, 0.1) is 0 Å². The highest BCUT2D eigenvalue weighted by Gasteiger charge is 2.46. The molecule has 0 aliphatic heterocycles. The molecule has 0 heteroatoms. The standard InChI is InChI=1S/C38H42/c1-5-23-37(24-6-2)33-21-11-9-15-27(33)29-17-13-19-31(35(29)37)32-20-14-18-30-28-16-10-12-22-34(28)38(25-7-3,26-8-4)36(30)32/h9-22H,5-8,23-26H2,1-4H3. The van der Waals surface area contributed by atoms with Crippen molar-refractivity contribution in [1.82, 2.24) is 0 Å². The molecule has 0 heterocycles.